The van der Waals surface area contributed by atoms with Crippen molar-refractivity contribution in [2.75, 3.05) is 24.2 Å². The lowest BCUT2D eigenvalue weighted by Gasteiger charge is -2.32. The van der Waals surface area contributed by atoms with Gasteiger partial charge in [0.25, 0.3) is 5.56 Å². The molecule has 9 nitrogen and oxygen atoms in total. The molecule has 1 saturated carbocycles. The van der Waals surface area contributed by atoms with Gasteiger partial charge in [0.2, 0.25) is 21.9 Å². The largest absolute Gasteiger partial charge is 0.388 e. The standard InChI is InChI=1S/C23H33F2N5O4S/c1-15-13-16-14-26-21(28-19(16)30(20(15)31)18-5-4-8-22(18,2)32)27-17-6-10-29(11-7-17)35(33,34)12-9-23(3,24)25/h13-14,17-18,32H,4-12H2,1-3H3,(H,26,27,28)/t18-,22-/m0/s1. The number of aryl methyl sites for hydroxylation is 1. The van der Waals surface area contributed by atoms with Gasteiger partial charge < -0.3 is 10.4 Å². The van der Waals surface area contributed by atoms with E-state index in [0.29, 0.717) is 48.2 Å². The van der Waals surface area contributed by atoms with Crippen LogP contribution in [0.25, 0.3) is 11.0 Å². The van der Waals surface area contributed by atoms with Gasteiger partial charge in [-0.05, 0) is 58.9 Å². The van der Waals surface area contributed by atoms with E-state index in [1.807, 2.05) is 0 Å². The topological polar surface area (TPSA) is 117 Å². The van der Waals surface area contributed by atoms with Gasteiger partial charge in [0.05, 0.1) is 17.4 Å². The van der Waals surface area contributed by atoms with Crippen LogP contribution in [0.4, 0.5) is 14.7 Å². The van der Waals surface area contributed by atoms with Gasteiger partial charge in [-0.25, -0.2) is 26.5 Å². The lowest BCUT2D eigenvalue weighted by atomic mass is 9.99. The molecule has 194 valence electrons. The molecule has 1 aliphatic carbocycles. The summed E-state index contributed by atoms with van der Waals surface area (Å²) in [5, 5.41) is 14.8. The summed E-state index contributed by atoms with van der Waals surface area (Å²) in [7, 11) is -3.74. The van der Waals surface area contributed by atoms with Crippen LogP contribution in [0, 0.1) is 6.92 Å². The average Bonchev–Trinajstić information content (AvgIpc) is 3.12. The molecule has 2 atom stereocenters. The van der Waals surface area contributed by atoms with Gasteiger partial charge in [0, 0.05) is 42.7 Å². The molecule has 1 aliphatic heterocycles. The molecule has 0 unspecified atom stereocenters. The molecule has 0 spiro atoms. The van der Waals surface area contributed by atoms with Gasteiger partial charge in [-0.2, -0.15) is 4.98 Å². The summed E-state index contributed by atoms with van der Waals surface area (Å²) in [6, 6.07) is 1.25. The molecule has 4 rings (SSSR count). The van der Waals surface area contributed by atoms with Gasteiger partial charge in [0.1, 0.15) is 5.65 Å². The zero-order valence-corrected chi connectivity index (χ0v) is 21.1. The number of piperidine rings is 1. The normalized spacial score (nSPS) is 24.8. The lowest BCUT2D eigenvalue weighted by Crippen LogP contribution is -2.44. The van der Waals surface area contributed by atoms with E-state index in [0.717, 1.165) is 13.3 Å². The third-order valence-corrected chi connectivity index (χ3v) is 8.99. The number of nitrogens with one attached hydrogen (secondary N) is 1. The van der Waals surface area contributed by atoms with Crippen molar-refractivity contribution >= 4 is 27.0 Å². The number of fused-ring (bicyclic) bond motifs is 1. The average molecular weight is 514 g/mol. The third-order valence-electron chi connectivity index (χ3n) is 7.12. The summed E-state index contributed by atoms with van der Waals surface area (Å²) < 4.78 is 53.9. The quantitative estimate of drug-likeness (QED) is 0.585. The van der Waals surface area contributed by atoms with Crippen molar-refractivity contribution in [1.29, 1.82) is 0 Å². The Balaban J connectivity index is 1.51. The van der Waals surface area contributed by atoms with Crippen molar-refractivity contribution in [3.05, 3.63) is 28.2 Å². The van der Waals surface area contributed by atoms with Crippen molar-refractivity contribution in [2.24, 2.45) is 0 Å². The predicted octanol–water partition coefficient (Wildman–Crippen LogP) is 2.83. The maximum Gasteiger partial charge on any atom is 0.255 e. The van der Waals surface area contributed by atoms with Crippen molar-refractivity contribution in [2.45, 2.75) is 82.9 Å². The predicted molar refractivity (Wildman–Crippen MR) is 129 cm³/mol. The fraction of sp³-hybridized carbons (Fsp3) is 0.696. The molecule has 2 aromatic rings. The Morgan fingerprint density at radius 3 is 2.57 bits per heavy atom. The van der Waals surface area contributed by atoms with Gasteiger partial charge in [-0.1, -0.05) is 0 Å². The SMILES string of the molecule is Cc1cc2cnc(NC3CCN(S(=O)(=O)CCC(C)(F)F)CC3)nc2n([C@H]2CCC[C@]2(C)O)c1=O. The number of aromatic nitrogens is 3. The Morgan fingerprint density at radius 2 is 1.97 bits per heavy atom. The van der Waals surface area contributed by atoms with Crippen LogP contribution in [0.3, 0.4) is 0 Å². The van der Waals surface area contributed by atoms with Crippen LogP contribution < -0.4 is 10.9 Å². The number of sulfonamides is 1. The maximum absolute atomic E-state index is 13.1. The molecule has 0 aromatic carbocycles. The molecule has 1 saturated heterocycles. The number of halogens is 2. The first-order chi connectivity index (χ1) is 16.3. The van der Waals surface area contributed by atoms with Gasteiger partial charge in [-0.15, -0.1) is 0 Å². The van der Waals surface area contributed by atoms with E-state index in [2.05, 4.69) is 15.3 Å². The van der Waals surface area contributed by atoms with Crippen molar-refractivity contribution < 1.29 is 22.3 Å². The Kier molecular flexibility index (Phi) is 6.93. The van der Waals surface area contributed by atoms with Crippen LogP contribution in [0.1, 0.15) is 64.0 Å². The van der Waals surface area contributed by atoms with Gasteiger partial charge >= 0.3 is 0 Å². The Hall–Kier alpha value is -2.18. The highest BCUT2D eigenvalue weighted by Gasteiger charge is 2.39. The summed E-state index contributed by atoms with van der Waals surface area (Å²) in [6.07, 6.45) is 3.98. The fourth-order valence-electron chi connectivity index (χ4n) is 5.05. The monoisotopic (exact) mass is 513 g/mol. The summed E-state index contributed by atoms with van der Waals surface area (Å²) in [5.41, 5.74) is -0.196. The molecule has 2 aromatic heterocycles. The number of alkyl halides is 2. The Morgan fingerprint density at radius 1 is 1.29 bits per heavy atom. The first-order valence-electron chi connectivity index (χ1n) is 12.0. The van der Waals surface area contributed by atoms with E-state index in [1.54, 1.807) is 30.7 Å². The van der Waals surface area contributed by atoms with Crippen molar-refractivity contribution in [1.82, 2.24) is 18.8 Å². The molecule has 12 heteroatoms. The zero-order chi connectivity index (χ0) is 25.6. The molecule has 2 N–H and O–H groups in total. The molecular formula is C23H33F2N5O4S. The van der Waals surface area contributed by atoms with Crippen molar-refractivity contribution in [3.8, 4) is 0 Å². The summed E-state index contributed by atoms with van der Waals surface area (Å²) >= 11 is 0. The third kappa shape index (κ3) is 5.64. The van der Waals surface area contributed by atoms with Crippen LogP contribution in [-0.4, -0.2) is 68.8 Å². The minimum atomic E-state index is -3.74. The smallest absolute Gasteiger partial charge is 0.255 e. The molecule has 2 aliphatic rings. The van der Waals surface area contributed by atoms with Crippen LogP contribution in [0.5, 0.6) is 0 Å². The minimum absolute atomic E-state index is 0.105. The zero-order valence-electron chi connectivity index (χ0n) is 20.3. The Labute approximate surface area is 203 Å². The molecule has 3 heterocycles. The highest BCUT2D eigenvalue weighted by Crippen LogP contribution is 2.39. The van der Waals surface area contributed by atoms with E-state index in [9.17, 15) is 27.1 Å². The lowest BCUT2D eigenvalue weighted by molar-refractivity contribution is 0.0186. The highest BCUT2D eigenvalue weighted by atomic mass is 32.2. The first kappa shape index (κ1) is 25.9. The summed E-state index contributed by atoms with van der Waals surface area (Å²) in [4.78, 5) is 22.1. The van der Waals surface area contributed by atoms with Crippen LogP contribution >= 0.6 is 0 Å². The van der Waals surface area contributed by atoms with Crippen molar-refractivity contribution in [3.63, 3.8) is 0 Å². The first-order valence-corrected chi connectivity index (χ1v) is 13.6. The minimum Gasteiger partial charge on any atom is -0.388 e. The number of hydrogen-bond acceptors (Lipinski definition) is 7. The highest BCUT2D eigenvalue weighted by molar-refractivity contribution is 7.89. The van der Waals surface area contributed by atoms with Gasteiger partial charge in [0.15, 0.2) is 0 Å². The molecular weight excluding hydrogens is 480 g/mol. The van der Waals surface area contributed by atoms with E-state index >= 15 is 0 Å². The molecule has 2 fully saturated rings. The van der Waals surface area contributed by atoms with E-state index in [-0.39, 0.29) is 30.7 Å². The van der Waals surface area contributed by atoms with Gasteiger partial charge in [-0.3, -0.25) is 9.36 Å². The van der Waals surface area contributed by atoms with E-state index < -0.39 is 33.7 Å². The summed E-state index contributed by atoms with van der Waals surface area (Å²) in [6.45, 7) is 4.64. The van der Waals surface area contributed by atoms with E-state index in [1.165, 1.54) is 4.31 Å². The Bertz CT molecular complexity index is 1250. The maximum atomic E-state index is 13.1. The molecule has 0 amide bonds. The second kappa shape index (κ2) is 9.36. The number of pyridine rings is 1. The van der Waals surface area contributed by atoms with Crippen LogP contribution in [0.15, 0.2) is 17.1 Å². The fourth-order valence-corrected chi connectivity index (χ4v) is 6.69. The number of aliphatic hydroxyl groups is 1. The second-order valence-electron chi connectivity index (χ2n) is 10.2. The number of anilines is 1. The van der Waals surface area contributed by atoms with Crippen LogP contribution in [0.2, 0.25) is 0 Å². The van der Waals surface area contributed by atoms with Crippen LogP contribution in [-0.2, 0) is 10.0 Å². The number of hydrogen-bond donors (Lipinski definition) is 2. The number of nitrogens with zero attached hydrogens (tertiary/aromatic N) is 4. The second-order valence-corrected chi connectivity index (χ2v) is 12.3. The molecule has 0 radical (unpaired) electrons. The molecule has 0 bridgehead atoms. The van der Waals surface area contributed by atoms with E-state index in [4.69, 9.17) is 0 Å². The molecule has 35 heavy (non-hydrogen) atoms. The summed E-state index contributed by atoms with van der Waals surface area (Å²) in [5.74, 6) is -3.28. The number of rotatable bonds is 7.